The lowest BCUT2D eigenvalue weighted by atomic mass is 9.93. The lowest BCUT2D eigenvalue weighted by molar-refractivity contribution is 0.0782. The summed E-state index contributed by atoms with van der Waals surface area (Å²) in [4.78, 5) is 14.8. The van der Waals surface area contributed by atoms with Crippen molar-refractivity contribution in [2.24, 2.45) is 0 Å². The SMILES string of the molecule is COc1ccc(Cl)cc1CN(C)C(=O)c1ccccc1C1CCNC1. The van der Waals surface area contributed by atoms with Crippen LogP contribution in [0, 0.1) is 0 Å². The molecular weight excluding hydrogens is 336 g/mol. The van der Waals surface area contributed by atoms with Crippen LogP contribution >= 0.6 is 11.6 Å². The summed E-state index contributed by atoms with van der Waals surface area (Å²) in [5.74, 6) is 1.15. The summed E-state index contributed by atoms with van der Waals surface area (Å²) in [6, 6.07) is 13.4. The van der Waals surface area contributed by atoms with E-state index in [2.05, 4.69) is 11.4 Å². The fraction of sp³-hybridized carbons (Fsp3) is 0.350. The number of carbonyl (C=O) groups excluding carboxylic acids is 1. The predicted molar refractivity (Wildman–Crippen MR) is 100 cm³/mol. The van der Waals surface area contributed by atoms with Crippen molar-refractivity contribution >= 4 is 17.5 Å². The molecule has 0 radical (unpaired) electrons. The van der Waals surface area contributed by atoms with Crippen LogP contribution in [-0.2, 0) is 6.54 Å². The number of benzene rings is 2. The Labute approximate surface area is 153 Å². The number of halogens is 1. The van der Waals surface area contributed by atoms with Gasteiger partial charge in [0.1, 0.15) is 5.75 Å². The van der Waals surface area contributed by atoms with Crippen molar-refractivity contribution in [3.63, 3.8) is 0 Å². The zero-order valence-corrected chi connectivity index (χ0v) is 15.3. The van der Waals surface area contributed by atoms with E-state index in [1.165, 1.54) is 0 Å². The van der Waals surface area contributed by atoms with Gasteiger partial charge in [-0.05, 0) is 48.7 Å². The zero-order valence-electron chi connectivity index (χ0n) is 14.6. The van der Waals surface area contributed by atoms with E-state index in [0.717, 1.165) is 42.0 Å². The standard InChI is InChI=1S/C20H23ClN2O2/c1-23(13-15-11-16(21)7-8-19(15)25-2)20(24)18-6-4-3-5-17(18)14-9-10-22-12-14/h3-8,11,14,22H,9-10,12-13H2,1-2H3. The fourth-order valence-corrected chi connectivity index (χ4v) is 3.57. The molecular formula is C20H23ClN2O2. The molecule has 0 spiro atoms. The summed E-state index contributed by atoms with van der Waals surface area (Å²) in [5.41, 5.74) is 2.80. The molecule has 0 aliphatic carbocycles. The highest BCUT2D eigenvalue weighted by atomic mass is 35.5. The van der Waals surface area contributed by atoms with Gasteiger partial charge < -0.3 is 15.0 Å². The van der Waals surface area contributed by atoms with Gasteiger partial charge >= 0.3 is 0 Å². The molecule has 1 saturated heterocycles. The first-order chi connectivity index (χ1) is 12.1. The highest BCUT2D eigenvalue weighted by Crippen LogP contribution is 2.28. The van der Waals surface area contributed by atoms with E-state index in [4.69, 9.17) is 16.3 Å². The number of amides is 1. The van der Waals surface area contributed by atoms with Crippen LogP contribution in [0.2, 0.25) is 5.02 Å². The second-order valence-electron chi connectivity index (χ2n) is 6.39. The molecule has 1 unspecified atom stereocenters. The Bertz CT molecular complexity index is 757. The van der Waals surface area contributed by atoms with Crippen molar-refractivity contribution in [2.75, 3.05) is 27.2 Å². The van der Waals surface area contributed by atoms with E-state index < -0.39 is 0 Å². The average molecular weight is 359 g/mol. The van der Waals surface area contributed by atoms with Gasteiger partial charge in [0.15, 0.2) is 0 Å². The van der Waals surface area contributed by atoms with Crippen LogP contribution in [0.1, 0.15) is 33.8 Å². The second kappa shape index (κ2) is 7.89. The van der Waals surface area contributed by atoms with Gasteiger partial charge in [-0.25, -0.2) is 0 Å². The molecule has 3 rings (SSSR count). The van der Waals surface area contributed by atoms with E-state index in [9.17, 15) is 4.79 Å². The van der Waals surface area contributed by atoms with E-state index in [-0.39, 0.29) is 5.91 Å². The molecule has 1 atom stereocenters. The first-order valence-corrected chi connectivity index (χ1v) is 8.85. The Hall–Kier alpha value is -2.04. The molecule has 0 saturated carbocycles. The maximum Gasteiger partial charge on any atom is 0.254 e. The molecule has 25 heavy (non-hydrogen) atoms. The van der Waals surface area contributed by atoms with Crippen molar-refractivity contribution in [1.82, 2.24) is 10.2 Å². The van der Waals surface area contributed by atoms with E-state index in [0.29, 0.717) is 17.5 Å². The van der Waals surface area contributed by atoms with Crippen molar-refractivity contribution in [1.29, 1.82) is 0 Å². The van der Waals surface area contributed by atoms with Gasteiger partial charge in [-0.3, -0.25) is 4.79 Å². The molecule has 2 aromatic rings. The molecule has 1 fully saturated rings. The minimum absolute atomic E-state index is 0.0181. The minimum atomic E-state index is 0.0181. The molecule has 5 heteroatoms. The maximum absolute atomic E-state index is 13.0. The molecule has 4 nitrogen and oxygen atoms in total. The molecule has 1 amide bonds. The van der Waals surface area contributed by atoms with Crippen LogP contribution in [0.5, 0.6) is 5.75 Å². The van der Waals surface area contributed by atoms with Crippen LogP contribution in [0.4, 0.5) is 0 Å². The zero-order chi connectivity index (χ0) is 17.8. The first-order valence-electron chi connectivity index (χ1n) is 8.47. The van der Waals surface area contributed by atoms with Crippen molar-refractivity contribution in [2.45, 2.75) is 18.9 Å². The van der Waals surface area contributed by atoms with Gasteiger partial charge in [0.05, 0.1) is 7.11 Å². The summed E-state index contributed by atoms with van der Waals surface area (Å²) in [5, 5.41) is 4.00. The number of hydrogen-bond acceptors (Lipinski definition) is 3. The number of methoxy groups -OCH3 is 1. The lowest BCUT2D eigenvalue weighted by Crippen LogP contribution is -2.28. The molecule has 1 N–H and O–H groups in total. The summed E-state index contributed by atoms with van der Waals surface area (Å²) < 4.78 is 5.39. The van der Waals surface area contributed by atoms with Gasteiger partial charge in [0, 0.05) is 36.3 Å². The molecule has 1 heterocycles. The number of hydrogen-bond donors (Lipinski definition) is 1. The molecule has 1 aliphatic rings. The fourth-order valence-electron chi connectivity index (χ4n) is 3.37. The predicted octanol–water partition coefficient (Wildman–Crippen LogP) is 3.70. The largest absolute Gasteiger partial charge is 0.496 e. The summed E-state index contributed by atoms with van der Waals surface area (Å²) in [7, 11) is 3.43. The normalized spacial score (nSPS) is 16.7. The third-order valence-electron chi connectivity index (χ3n) is 4.69. The molecule has 132 valence electrons. The number of nitrogens with one attached hydrogen (secondary N) is 1. The Morgan fingerprint density at radius 3 is 2.84 bits per heavy atom. The maximum atomic E-state index is 13.0. The van der Waals surface area contributed by atoms with E-state index in [1.807, 2.05) is 37.4 Å². The highest BCUT2D eigenvalue weighted by Gasteiger charge is 2.24. The second-order valence-corrected chi connectivity index (χ2v) is 6.83. The van der Waals surface area contributed by atoms with E-state index >= 15 is 0 Å². The monoisotopic (exact) mass is 358 g/mol. The summed E-state index contributed by atoms with van der Waals surface area (Å²) >= 11 is 6.10. The Morgan fingerprint density at radius 1 is 1.32 bits per heavy atom. The Kier molecular flexibility index (Phi) is 5.61. The highest BCUT2D eigenvalue weighted by molar-refractivity contribution is 6.30. The van der Waals surface area contributed by atoms with Gasteiger partial charge in [-0.1, -0.05) is 29.8 Å². The molecule has 0 aromatic heterocycles. The number of rotatable bonds is 5. The summed E-state index contributed by atoms with van der Waals surface area (Å²) in [6.07, 6.45) is 1.07. The lowest BCUT2D eigenvalue weighted by Gasteiger charge is -2.22. The van der Waals surface area contributed by atoms with Crippen molar-refractivity contribution < 1.29 is 9.53 Å². The van der Waals surface area contributed by atoms with Crippen LogP contribution in [0.3, 0.4) is 0 Å². The third-order valence-corrected chi connectivity index (χ3v) is 4.92. The van der Waals surface area contributed by atoms with Crippen LogP contribution < -0.4 is 10.1 Å². The van der Waals surface area contributed by atoms with E-state index in [1.54, 1.807) is 18.1 Å². The number of nitrogens with zero attached hydrogens (tertiary/aromatic N) is 1. The van der Waals surface area contributed by atoms with Crippen molar-refractivity contribution in [3.05, 3.63) is 64.2 Å². The van der Waals surface area contributed by atoms with Gasteiger partial charge in [0.2, 0.25) is 0 Å². The average Bonchev–Trinajstić information content (AvgIpc) is 3.16. The minimum Gasteiger partial charge on any atom is -0.496 e. The van der Waals surface area contributed by atoms with Crippen LogP contribution in [-0.4, -0.2) is 38.1 Å². The summed E-state index contributed by atoms with van der Waals surface area (Å²) in [6.45, 7) is 2.37. The van der Waals surface area contributed by atoms with Gasteiger partial charge in [-0.2, -0.15) is 0 Å². The number of carbonyl (C=O) groups is 1. The quantitative estimate of drug-likeness (QED) is 0.886. The molecule has 0 bridgehead atoms. The number of ether oxygens (including phenoxy) is 1. The van der Waals surface area contributed by atoms with Crippen LogP contribution in [0.15, 0.2) is 42.5 Å². The van der Waals surface area contributed by atoms with Gasteiger partial charge in [0.25, 0.3) is 5.91 Å². The topological polar surface area (TPSA) is 41.6 Å². The van der Waals surface area contributed by atoms with Gasteiger partial charge in [-0.15, -0.1) is 0 Å². The van der Waals surface area contributed by atoms with Crippen molar-refractivity contribution in [3.8, 4) is 5.75 Å². The smallest absolute Gasteiger partial charge is 0.254 e. The van der Waals surface area contributed by atoms with Crippen LogP contribution in [0.25, 0.3) is 0 Å². The third kappa shape index (κ3) is 3.97. The first kappa shape index (κ1) is 17.8. The Balaban J connectivity index is 1.83. The Morgan fingerprint density at radius 2 is 2.12 bits per heavy atom. The molecule has 1 aliphatic heterocycles. The molecule has 2 aromatic carbocycles.